The van der Waals surface area contributed by atoms with Crippen molar-refractivity contribution in [2.24, 2.45) is 5.92 Å². The Hall–Kier alpha value is -2.60. The molecule has 0 aliphatic carbocycles. The highest BCUT2D eigenvalue weighted by molar-refractivity contribution is 5.94. The van der Waals surface area contributed by atoms with Gasteiger partial charge >= 0.3 is 0 Å². The largest absolute Gasteiger partial charge is 0.497 e. The lowest BCUT2D eigenvalue weighted by Gasteiger charge is -2.49. The second-order valence-electron chi connectivity index (χ2n) is 7.27. The van der Waals surface area contributed by atoms with Gasteiger partial charge in [-0.25, -0.2) is 4.98 Å². The van der Waals surface area contributed by atoms with E-state index in [1.165, 1.54) is 12.8 Å². The van der Waals surface area contributed by atoms with Crippen LogP contribution in [-0.4, -0.2) is 48.1 Å². The Morgan fingerprint density at radius 2 is 1.89 bits per heavy atom. The number of rotatable bonds is 5. The third kappa shape index (κ3) is 3.76. The van der Waals surface area contributed by atoms with Crippen molar-refractivity contribution in [3.63, 3.8) is 0 Å². The molecule has 0 saturated carbocycles. The van der Waals surface area contributed by atoms with Gasteiger partial charge < -0.3 is 14.8 Å². The molecule has 1 amide bonds. The lowest BCUT2D eigenvalue weighted by molar-refractivity contribution is 0.0217. The van der Waals surface area contributed by atoms with E-state index in [1.807, 2.05) is 0 Å². The third-order valence-electron chi connectivity index (χ3n) is 5.76. The van der Waals surface area contributed by atoms with E-state index in [2.05, 4.69) is 22.1 Å². The number of aromatic nitrogens is 1. The number of hydrogen-bond acceptors (Lipinski definition) is 5. The quantitative estimate of drug-likeness (QED) is 0.880. The summed E-state index contributed by atoms with van der Waals surface area (Å²) in [4.78, 5) is 19.3. The highest BCUT2D eigenvalue weighted by Crippen LogP contribution is 2.32. The van der Waals surface area contributed by atoms with E-state index in [0.29, 0.717) is 34.9 Å². The van der Waals surface area contributed by atoms with Crippen molar-refractivity contribution in [2.75, 3.05) is 20.2 Å². The number of pyridine rings is 1. The molecule has 2 aromatic rings. The lowest BCUT2D eigenvalue weighted by Crippen LogP contribution is -2.62. The fraction of sp³-hybridized carbons (Fsp3) is 0.429. The second kappa shape index (κ2) is 7.56. The normalized spacial score (nSPS) is 26.4. The van der Waals surface area contributed by atoms with Gasteiger partial charge in [0.25, 0.3) is 5.91 Å². The second-order valence-corrected chi connectivity index (χ2v) is 7.27. The van der Waals surface area contributed by atoms with E-state index >= 15 is 0 Å². The molecule has 0 spiro atoms. The molecule has 0 unspecified atom stereocenters. The number of ether oxygens (including phenoxy) is 2. The van der Waals surface area contributed by atoms with Crippen LogP contribution in [0.25, 0.3) is 0 Å². The first-order valence-corrected chi connectivity index (χ1v) is 9.47. The summed E-state index contributed by atoms with van der Waals surface area (Å²) in [7, 11) is 1.60. The van der Waals surface area contributed by atoms with E-state index in [4.69, 9.17) is 9.47 Å². The number of methoxy groups -OCH3 is 1. The van der Waals surface area contributed by atoms with Gasteiger partial charge in [-0.05, 0) is 69.1 Å². The molecule has 3 aliphatic rings. The van der Waals surface area contributed by atoms with Crippen molar-refractivity contribution < 1.29 is 14.3 Å². The minimum absolute atomic E-state index is 0.0216. The fourth-order valence-corrected chi connectivity index (χ4v) is 4.15. The standard InChI is InChI=1S/C21H25N3O3/c1-14-20(15-8-11-24(14)12-9-15)23-21(25)16-3-5-17(6-4-16)27-19-13-18(26-2)7-10-22-19/h3-7,10,13-15,20H,8-9,11-12H2,1-2H3,(H,23,25)/t14-,20-/m0/s1. The number of carbonyl (C=O) groups excluding carboxylic acids is 1. The smallest absolute Gasteiger partial charge is 0.251 e. The number of hydrogen-bond donors (Lipinski definition) is 1. The van der Waals surface area contributed by atoms with E-state index < -0.39 is 0 Å². The molecule has 3 aliphatic heterocycles. The molecule has 2 bridgehead atoms. The molecule has 3 fully saturated rings. The summed E-state index contributed by atoms with van der Waals surface area (Å²) in [5.41, 5.74) is 0.643. The minimum Gasteiger partial charge on any atom is -0.497 e. The molecular formula is C21H25N3O3. The molecule has 6 nitrogen and oxygen atoms in total. The molecule has 1 N–H and O–H groups in total. The molecule has 1 aromatic carbocycles. The van der Waals surface area contributed by atoms with Crippen molar-refractivity contribution in [3.05, 3.63) is 48.2 Å². The summed E-state index contributed by atoms with van der Waals surface area (Å²) in [6.07, 6.45) is 3.98. The lowest BCUT2D eigenvalue weighted by atomic mass is 9.79. The third-order valence-corrected chi connectivity index (χ3v) is 5.76. The van der Waals surface area contributed by atoms with E-state index in [-0.39, 0.29) is 11.9 Å². The van der Waals surface area contributed by atoms with Gasteiger partial charge in [0.15, 0.2) is 0 Å². The van der Waals surface area contributed by atoms with E-state index in [9.17, 15) is 4.79 Å². The van der Waals surface area contributed by atoms with Gasteiger partial charge in [-0.2, -0.15) is 0 Å². The summed E-state index contributed by atoms with van der Waals surface area (Å²) < 4.78 is 10.9. The molecule has 6 heteroatoms. The van der Waals surface area contributed by atoms with E-state index in [1.54, 1.807) is 49.7 Å². The molecule has 3 saturated heterocycles. The van der Waals surface area contributed by atoms with Gasteiger partial charge in [-0.15, -0.1) is 0 Å². The molecule has 142 valence electrons. The average Bonchev–Trinajstić information content (AvgIpc) is 2.71. The van der Waals surface area contributed by atoms with Gasteiger partial charge in [0.2, 0.25) is 5.88 Å². The average molecular weight is 367 g/mol. The Kier molecular flexibility index (Phi) is 4.99. The summed E-state index contributed by atoms with van der Waals surface area (Å²) in [6.45, 7) is 4.53. The van der Waals surface area contributed by atoms with Gasteiger partial charge in [-0.1, -0.05) is 0 Å². The Morgan fingerprint density at radius 1 is 1.15 bits per heavy atom. The maximum Gasteiger partial charge on any atom is 0.251 e. The van der Waals surface area contributed by atoms with Crippen LogP contribution >= 0.6 is 0 Å². The van der Waals surface area contributed by atoms with Crippen LogP contribution in [0.2, 0.25) is 0 Å². The van der Waals surface area contributed by atoms with Crippen LogP contribution < -0.4 is 14.8 Å². The Bertz CT molecular complexity index is 799. The first-order valence-electron chi connectivity index (χ1n) is 9.47. The predicted molar refractivity (Wildman–Crippen MR) is 102 cm³/mol. The van der Waals surface area contributed by atoms with Crippen LogP contribution in [-0.2, 0) is 0 Å². The van der Waals surface area contributed by atoms with Gasteiger partial charge in [0.1, 0.15) is 11.5 Å². The number of benzene rings is 1. The summed E-state index contributed by atoms with van der Waals surface area (Å²) in [5, 5.41) is 3.25. The number of piperidine rings is 3. The molecular weight excluding hydrogens is 342 g/mol. The van der Waals surface area contributed by atoms with Crippen LogP contribution in [0.4, 0.5) is 0 Å². The summed E-state index contributed by atoms with van der Waals surface area (Å²) in [5.74, 6) is 2.33. The van der Waals surface area contributed by atoms with Crippen molar-refractivity contribution in [1.82, 2.24) is 15.2 Å². The maximum absolute atomic E-state index is 12.7. The molecule has 1 aromatic heterocycles. The number of nitrogens with one attached hydrogen (secondary N) is 1. The topological polar surface area (TPSA) is 63.7 Å². The van der Waals surface area contributed by atoms with Crippen LogP contribution in [0.3, 0.4) is 0 Å². The van der Waals surface area contributed by atoms with Crippen LogP contribution in [0.15, 0.2) is 42.6 Å². The van der Waals surface area contributed by atoms with Gasteiger partial charge in [0.05, 0.1) is 7.11 Å². The number of carbonyl (C=O) groups is 1. The SMILES string of the molecule is COc1ccnc(Oc2ccc(C(=O)N[C@@H]3C4CCN(CC4)[C@H]3C)cc2)c1. The van der Waals surface area contributed by atoms with Crippen molar-refractivity contribution in [3.8, 4) is 17.4 Å². The van der Waals surface area contributed by atoms with Crippen LogP contribution in [0.5, 0.6) is 17.4 Å². The molecule has 2 atom stereocenters. The summed E-state index contributed by atoms with van der Waals surface area (Å²) in [6, 6.07) is 11.3. The van der Waals surface area contributed by atoms with Crippen LogP contribution in [0, 0.1) is 5.92 Å². The van der Waals surface area contributed by atoms with E-state index in [0.717, 1.165) is 13.1 Å². The minimum atomic E-state index is -0.0216. The Labute approximate surface area is 159 Å². The summed E-state index contributed by atoms with van der Waals surface area (Å²) >= 11 is 0. The van der Waals surface area contributed by atoms with Crippen molar-refractivity contribution in [1.29, 1.82) is 0 Å². The molecule has 0 radical (unpaired) electrons. The van der Waals surface area contributed by atoms with Crippen molar-refractivity contribution >= 4 is 5.91 Å². The monoisotopic (exact) mass is 367 g/mol. The maximum atomic E-state index is 12.7. The Morgan fingerprint density at radius 3 is 2.56 bits per heavy atom. The molecule has 4 heterocycles. The van der Waals surface area contributed by atoms with Crippen molar-refractivity contribution in [2.45, 2.75) is 31.8 Å². The zero-order chi connectivity index (χ0) is 18.8. The van der Waals surface area contributed by atoms with Gasteiger partial charge in [0, 0.05) is 29.9 Å². The Balaban J connectivity index is 1.40. The number of amides is 1. The highest BCUT2D eigenvalue weighted by atomic mass is 16.5. The predicted octanol–water partition coefficient (Wildman–Crippen LogP) is 3.10. The zero-order valence-electron chi connectivity index (χ0n) is 15.7. The number of fused-ring (bicyclic) bond motifs is 3. The van der Waals surface area contributed by atoms with Crippen LogP contribution in [0.1, 0.15) is 30.1 Å². The molecule has 27 heavy (non-hydrogen) atoms. The van der Waals surface area contributed by atoms with Gasteiger partial charge in [-0.3, -0.25) is 9.69 Å². The number of nitrogens with zero attached hydrogens (tertiary/aromatic N) is 2. The zero-order valence-corrected chi connectivity index (χ0v) is 15.7. The first-order chi connectivity index (χ1) is 13.1. The highest BCUT2D eigenvalue weighted by Gasteiger charge is 2.40. The fourth-order valence-electron chi connectivity index (χ4n) is 4.15. The molecule has 5 rings (SSSR count). The first kappa shape index (κ1) is 17.8.